The molecule has 1 nitrogen and oxygen atoms in total. The van der Waals surface area contributed by atoms with Gasteiger partial charge in [0, 0.05) is 23.1 Å². The number of aliphatic hydroxyl groups excluding tert-OH is 1. The smallest absolute Gasteiger partial charge is 0.0535 e. The molecule has 0 saturated heterocycles. The fraction of sp³-hybridized carbons (Fsp3) is 1.00. The topological polar surface area (TPSA) is 20.2 Å². The third kappa shape index (κ3) is 6.73. The minimum atomic E-state index is -0.0648. The van der Waals surface area contributed by atoms with Gasteiger partial charge in [-0.25, -0.2) is 0 Å². The summed E-state index contributed by atoms with van der Waals surface area (Å²) in [5.41, 5.74) is 0. The highest BCUT2D eigenvalue weighted by molar-refractivity contribution is 5.75. The van der Waals surface area contributed by atoms with Crippen LogP contribution in [0.4, 0.5) is 0 Å². The molecule has 0 heterocycles. The summed E-state index contributed by atoms with van der Waals surface area (Å²) >= 11 is 0. The highest BCUT2D eigenvalue weighted by Gasteiger charge is 1.90. The summed E-state index contributed by atoms with van der Waals surface area (Å²) in [6, 6.07) is 0. The van der Waals surface area contributed by atoms with Crippen LogP contribution in [0.1, 0.15) is 26.7 Å². The first-order chi connectivity index (χ1) is 2.81. The Morgan fingerprint density at radius 3 is 1.57 bits per heavy atom. The first-order valence-electron chi connectivity index (χ1n) is 2.49. The van der Waals surface area contributed by atoms with Gasteiger partial charge in [-0.3, -0.25) is 0 Å². The van der Waals surface area contributed by atoms with E-state index in [1.165, 1.54) is 0 Å². The molecule has 0 rings (SSSR count). The molecule has 2 radical (unpaired) electrons. The molecule has 0 aromatic carbocycles. The van der Waals surface area contributed by atoms with E-state index in [1.807, 2.05) is 13.8 Å². The summed E-state index contributed by atoms with van der Waals surface area (Å²) in [6.07, 6.45) is 1.71. The van der Waals surface area contributed by atoms with Crippen molar-refractivity contribution in [3.63, 3.8) is 0 Å². The van der Waals surface area contributed by atoms with Crippen LogP contribution in [0, 0.1) is 0 Å². The lowest BCUT2D eigenvalue weighted by atomic mass is 10.2. The highest BCUT2D eigenvalue weighted by atomic mass is 24.3. The first kappa shape index (κ1) is 10.7. The molecule has 1 N–H and O–H groups in total. The average molecular weight is 112 g/mol. The molecule has 0 atom stereocenters. The lowest BCUT2D eigenvalue weighted by molar-refractivity contribution is 0.166. The van der Waals surface area contributed by atoms with Gasteiger partial charge in [0.15, 0.2) is 0 Å². The quantitative estimate of drug-likeness (QED) is 0.524. The molecule has 0 aliphatic carbocycles. The fourth-order valence-corrected chi connectivity index (χ4v) is 0.289. The minimum absolute atomic E-state index is 0. The van der Waals surface area contributed by atoms with E-state index in [-0.39, 0.29) is 29.2 Å². The van der Waals surface area contributed by atoms with E-state index < -0.39 is 0 Å². The Morgan fingerprint density at radius 2 is 1.57 bits per heavy atom. The molecule has 0 amide bonds. The molecule has 0 aromatic heterocycles. The van der Waals surface area contributed by atoms with Crippen molar-refractivity contribution < 1.29 is 5.11 Å². The lowest BCUT2D eigenvalue weighted by Crippen LogP contribution is -1.99. The maximum atomic E-state index is 8.67. The van der Waals surface area contributed by atoms with E-state index in [2.05, 4.69) is 0 Å². The van der Waals surface area contributed by atoms with Crippen molar-refractivity contribution in [2.45, 2.75) is 32.8 Å². The molecule has 0 saturated carbocycles. The molecule has 2 heteroatoms. The van der Waals surface area contributed by atoms with Gasteiger partial charge in [0.05, 0.1) is 6.10 Å². The van der Waals surface area contributed by atoms with Crippen molar-refractivity contribution in [3.05, 3.63) is 0 Å². The maximum absolute atomic E-state index is 8.67. The Labute approximate surface area is 61.3 Å². The number of rotatable bonds is 2. The van der Waals surface area contributed by atoms with Crippen LogP contribution in [0.3, 0.4) is 0 Å². The maximum Gasteiger partial charge on any atom is 0.0535 e. The predicted molar refractivity (Wildman–Crippen MR) is 32.3 cm³/mol. The minimum Gasteiger partial charge on any atom is -0.393 e. The van der Waals surface area contributed by atoms with Crippen molar-refractivity contribution in [1.82, 2.24) is 0 Å². The Kier molecular flexibility index (Phi) is 10.2. The van der Waals surface area contributed by atoms with Crippen LogP contribution in [0.5, 0.6) is 0 Å². The van der Waals surface area contributed by atoms with Gasteiger partial charge in [-0.05, 0) is 12.8 Å². The van der Waals surface area contributed by atoms with Gasteiger partial charge in [0.2, 0.25) is 0 Å². The van der Waals surface area contributed by atoms with E-state index in [4.69, 9.17) is 5.11 Å². The Bertz CT molecular complexity index is 27.3. The molecular weight excluding hydrogens is 100 g/mol. The average Bonchev–Trinajstić information content (AvgIpc) is 1.65. The largest absolute Gasteiger partial charge is 0.393 e. The summed E-state index contributed by atoms with van der Waals surface area (Å²) in [7, 11) is 0. The molecule has 0 aliphatic heterocycles. The monoisotopic (exact) mass is 112 g/mol. The molecule has 7 heavy (non-hydrogen) atoms. The van der Waals surface area contributed by atoms with E-state index in [9.17, 15) is 0 Å². The van der Waals surface area contributed by atoms with Crippen molar-refractivity contribution in [2.24, 2.45) is 0 Å². The third-order valence-corrected chi connectivity index (χ3v) is 0.942. The van der Waals surface area contributed by atoms with Gasteiger partial charge >= 0.3 is 0 Å². The van der Waals surface area contributed by atoms with Crippen LogP contribution in [-0.2, 0) is 0 Å². The zero-order valence-corrected chi connectivity index (χ0v) is 6.56. The zero-order valence-electron chi connectivity index (χ0n) is 5.15. The second-order valence-corrected chi connectivity index (χ2v) is 1.47. The Morgan fingerprint density at radius 1 is 1.29 bits per heavy atom. The van der Waals surface area contributed by atoms with Gasteiger partial charge in [0.1, 0.15) is 0 Å². The van der Waals surface area contributed by atoms with Crippen LogP contribution in [0.25, 0.3) is 0 Å². The normalized spacial score (nSPS) is 8.57. The summed E-state index contributed by atoms with van der Waals surface area (Å²) in [5, 5.41) is 8.67. The molecule has 0 fully saturated rings. The van der Waals surface area contributed by atoms with Crippen LogP contribution in [0.2, 0.25) is 0 Å². The SMILES string of the molecule is CCC(O)CC.[Mg]. The van der Waals surface area contributed by atoms with Gasteiger partial charge in [0.25, 0.3) is 0 Å². The summed E-state index contributed by atoms with van der Waals surface area (Å²) in [4.78, 5) is 0. The van der Waals surface area contributed by atoms with Crippen molar-refractivity contribution in [1.29, 1.82) is 0 Å². The van der Waals surface area contributed by atoms with E-state index in [1.54, 1.807) is 0 Å². The third-order valence-electron chi connectivity index (χ3n) is 0.942. The Balaban J connectivity index is 0. The highest BCUT2D eigenvalue weighted by Crippen LogP contribution is 1.91. The number of hydrogen-bond acceptors (Lipinski definition) is 1. The van der Waals surface area contributed by atoms with Gasteiger partial charge in [-0.15, -0.1) is 0 Å². The standard InChI is InChI=1S/C5H12O.Mg/c1-3-5(6)4-2;/h5-6H,3-4H2,1-2H3;. The van der Waals surface area contributed by atoms with Crippen LogP contribution >= 0.6 is 0 Å². The van der Waals surface area contributed by atoms with E-state index >= 15 is 0 Å². The van der Waals surface area contributed by atoms with Crippen LogP contribution in [0.15, 0.2) is 0 Å². The number of aliphatic hydroxyl groups is 1. The Hall–Kier alpha value is 0.726. The fourth-order valence-electron chi connectivity index (χ4n) is 0.289. The van der Waals surface area contributed by atoms with Gasteiger partial charge < -0.3 is 5.11 Å². The second-order valence-electron chi connectivity index (χ2n) is 1.47. The van der Waals surface area contributed by atoms with Crippen molar-refractivity contribution in [3.8, 4) is 0 Å². The molecular formula is C5H12MgO. The predicted octanol–water partition coefficient (Wildman–Crippen LogP) is 0.786. The molecule has 0 bridgehead atoms. The summed E-state index contributed by atoms with van der Waals surface area (Å²) in [6.45, 7) is 3.96. The molecule has 0 aromatic rings. The van der Waals surface area contributed by atoms with E-state index in [0.29, 0.717) is 0 Å². The molecule has 0 unspecified atom stereocenters. The molecule has 0 aliphatic rings. The second kappa shape index (κ2) is 6.73. The molecule has 40 valence electrons. The van der Waals surface area contributed by atoms with Gasteiger partial charge in [-0.1, -0.05) is 13.8 Å². The summed E-state index contributed by atoms with van der Waals surface area (Å²) in [5.74, 6) is 0. The van der Waals surface area contributed by atoms with Gasteiger partial charge in [-0.2, -0.15) is 0 Å². The lowest BCUT2D eigenvalue weighted by Gasteiger charge is -1.98. The van der Waals surface area contributed by atoms with Crippen LogP contribution < -0.4 is 0 Å². The first-order valence-corrected chi connectivity index (χ1v) is 2.49. The van der Waals surface area contributed by atoms with Crippen molar-refractivity contribution >= 4 is 23.1 Å². The van der Waals surface area contributed by atoms with E-state index in [0.717, 1.165) is 12.8 Å². The van der Waals surface area contributed by atoms with Crippen molar-refractivity contribution in [2.75, 3.05) is 0 Å². The zero-order chi connectivity index (χ0) is 4.99. The van der Waals surface area contributed by atoms with Crippen LogP contribution in [-0.4, -0.2) is 34.3 Å². The molecule has 0 spiro atoms. The summed E-state index contributed by atoms with van der Waals surface area (Å²) < 4.78 is 0. The number of hydrogen-bond donors (Lipinski definition) is 1.